The van der Waals surface area contributed by atoms with Crippen molar-refractivity contribution in [3.05, 3.63) is 22.4 Å². The molecule has 2 atom stereocenters. The molecule has 2 fully saturated rings. The van der Waals surface area contributed by atoms with Crippen LogP contribution in [0.1, 0.15) is 43.0 Å². The first-order chi connectivity index (χ1) is 11.9. The highest BCUT2D eigenvalue weighted by molar-refractivity contribution is 14.0. The minimum atomic E-state index is 0. The van der Waals surface area contributed by atoms with Crippen LogP contribution in [0.4, 0.5) is 0 Å². The molecule has 2 aliphatic heterocycles. The summed E-state index contributed by atoms with van der Waals surface area (Å²) in [5.41, 5.74) is 0. The monoisotopic (exact) mass is 478 g/mol. The molecule has 142 valence electrons. The van der Waals surface area contributed by atoms with E-state index in [-0.39, 0.29) is 24.0 Å². The number of ether oxygens (including phenoxy) is 1. The zero-order valence-corrected chi connectivity index (χ0v) is 18.2. The van der Waals surface area contributed by atoms with Gasteiger partial charge in [-0.3, -0.25) is 9.89 Å². The van der Waals surface area contributed by atoms with Gasteiger partial charge in [-0.25, -0.2) is 0 Å². The summed E-state index contributed by atoms with van der Waals surface area (Å²) in [5.74, 6) is 0.897. The first kappa shape index (κ1) is 20.9. The molecule has 0 bridgehead atoms. The third-order valence-corrected chi connectivity index (χ3v) is 5.90. The van der Waals surface area contributed by atoms with Crippen LogP contribution >= 0.6 is 35.3 Å². The molecule has 3 heterocycles. The molecule has 0 radical (unpaired) electrons. The molecule has 3 rings (SSSR count). The molecular formula is C18H31IN4OS. The van der Waals surface area contributed by atoms with Crippen LogP contribution in [0.5, 0.6) is 0 Å². The van der Waals surface area contributed by atoms with Crippen LogP contribution in [0.2, 0.25) is 0 Å². The standard InChI is InChI=1S/C18H30N4OS.HI/c1-19-18(20-9-8-15-6-4-12-23-15)21-14-16(17-7-5-13-24-17)22-10-2-3-11-22;/h5,7,13,15-16H,2-4,6,8-12,14H2,1H3,(H2,19,20,21);1H. The second-order valence-electron chi connectivity index (χ2n) is 6.58. The highest BCUT2D eigenvalue weighted by atomic mass is 127. The van der Waals surface area contributed by atoms with Gasteiger partial charge in [-0.1, -0.05) is 6.07 Å². The predicted octanol–water partition coefficient (Wildman–Crippen LogP) is 3.24. The van der Waals surface area contributed by atoms with E-state index in [0.717, 1.165) is 32.1 Å². The van der Waals surface area contributed by atoms with Gasteiger partial charge in [0.2, 0.25) is 0 Å². The fourth-order valence-corrected chi connectivity index (χ4v) is 4.44. The maximum absolute atomic E-state index is 5.68. The smallest absolute Gasteiger partial charge is 0.191 e. The fraction of sp³-hybridized carbons (Fsp3) is 0.722. The molecule has 2 N–H and O–H groups in total. The molecule has 0 spiro atoms. The van der Waals surface area contributed by atoms with Crippen molar-refractivity contribution in [1.82, 2.24) is 15.5 Å². The Hall–Kier alpha value is -0.380. The van der Waals surface area contributed by atoms with E-state index in [1.807, 2.05) is 18.4 Å². The lowest BCUT2D eigenvalue weighted by Gasteiger charge is -2.27. The van der Waals surface area contributed by atoms with Gasteiger partial charge in [-0.2, -0.15) is 0 Å². The van der Waals surface area contributed by atoms with E-state index >= 15 is 0 Å². The number of rotatable bonds is 7. The number of thiophene rings is 1. The van der Waals surface area contributed by atoms with Crippen molar-refractivity contribution in [2.24, 2.45) is 4.99 Å². The Bertz CT molecular complexity index is 499. The quantitative estimate of drug-likeness (QED) is 0.359. The molecule has 0 aromatic carbocycles. The van der Waals surface area contributed by atoms with Gasteiger partial charge < -0.3 is 15.4 Å². The second kappa shape index (κ2) is 11.4. The van der Waals surface area contributed by atoms with Gasteiger partial charge in [0.1, 0.15) is 0 Å². The van der Waals surface area contributed by atoms with Crippen LogP contribution in [-0.4, -0.2) is 56.8 Å². The SMILES string of the molecule is CN=C(NCCC1CCCO1)NCC(c1cccs1)N1CCCC1.I. The number of nitrogens with one attached hydrogen (secondary N) is 2. The third-order valence-electron chi connectivity index (χ3n) is 4.92. The third kappa shape index (κ3) is 6.37. The maximum Gasteiger partial charge on any atom is 0.191 e. The van der Waals surface area contributed by atoms with Gasteiger partial charge in [-0.15, -0.1) is 35.3 Å². The molecule has 0 aliphatic carbocycles. The molecule has 0 saturated carbocycles. The average Bonchev–Trinajstić information content (AvgIpc) is 3.35. The normalized spacial score (nSPS) is 22.6. The van der Waals surface area contributed by atoms with E-state index < -0.39 is 0 Å². The fourth-order valence-electron chi connectivity index (χ4n) is 3.58. The summed E-state index contributed by atoms with van der Waals surface area (Å²) in [6.45, 7) is 5.15. The van der Waals surface area contributed by atoms with E-state index in [9.17, 15) is 0 Å². The van der Waals surface area contributed by atoms with Gasteiger partial charge in [0.25, 0.3) is 0 Å². The first-order valence-electron chi connectivity index (χ1n) is 9.20. The number of hydrogen-bond donors (Lipinski definition) is 2. The van der Waals surface area contributed by atoms with Crippen LogP contribution in [0, 0.1) is 0 Å². The molecule has 1 aromatic rings. The lowest BCUT2D eigenvalue weighted by molar-refractivity contribution is 0.105. The van der Waals surface area contributed by atoms with Crippen molar-refractivity contribution in [3.63, 3.8) is 0 Å². The van der Waals surface area contributed by atoms with Crippen LogP contribution in [0.3, 0.4) is 0 Å². The zero-order valence-electron chi connectivity index (χ0n) is 15.1. The molecule has 7 heteroatoms. The van der Waals surface area contributed by atoms with Crippen LogP contribution < -0.4 is 10.6 Å². The lowest BCUT2D eigenvalue weighted by Crippen LogP contribution is -2.43. The number of nitrogens with zero attached hydrogens (tertiary/aromatic N) is 2. The zero-order chi connectivity index (χ0) is 16.6. The molecule has 25 heavy (non-hydrogen) atoms. The van der Waals surface area contributed by atoms with Crippen molar-refractivity contribution in [2.75, 3.05) is 39.8 Å². The molecule has 1 aromatic heterocycles. The Kier molecular flexibility index (Phi) is 9.51. The summed E-state index contributed by atoms with van der Waals surface area (Å²) < 4.78 is 5.68. The average molecular weight is 478 g/mol. The highest BCUT2D eigenvalue weighted by Crippen LogP contribution is 2.27. The Morgan fingerprint density at radius 1 is 1.36 bits per heavy atom. The van der Waals surface area contributed by atoms with Crippen LogP contribution in [-0.2, 0) is 4.74 Å². The molecule has 2 saturated heterocycles. The Morgan fingerprint density at radius 3 is 2.84 bits per heavy atom. The molecule has 0 amide bonds. The Balaban J connectivity index is 0.00000225. The topological polar surface area (TPSA) is 48.9 Å². The number of guanidine groups is 1. The van der Waals surface area contributed by atoms with Gasteiger partial charge in [-0.05, 0) is 56.6 Å². The van der Waals surface area contributed by atoms with E-state index in [0.29, 0.717) is 12.1 Å². The first-order valence-corrected chi connectivity index (χ1v) is 10.1. The summed E-state index contributed by atoms with van der Waals surface area (Å²) in [5, 5.41) is 9.13. The summed E-state index contributed by atoms with van der Waals surface area (Å²) in [7, 11) is 1.84. The van der Waals surface area contributed by atoms with E-state index in [1.54, 1.807) is 0 Å². The van der Waals surface area contributed by atoms with Gasteiger partial charge >= 0.3 is 0 Å². The predicted molar refractivity (Wildman–Crippen MR) is 116 cm³/mol. The number of hydrogen-bond acceptors (Lipinski definition) is 4. The van der Waals surface area contributed by atoms with Crippen molar-refractivity contribution in [3.8, 4) is 0 Å². The van der Waals surface area contributed by atoms with Crippen LogP contribution in [0.15, 0.2) is 22.5 Å². The van der Waals surface area contributed by atoms with Gasteiger partial charge in [0, 0.05) is 31.6 Å². The van der Waals surface area contributed by atoms with Crippen molar-refractivity contribution in [1.29, 1.82) is 0 Å². The molecule has 2 aliphatic rings. The molecule has 5 nitrogen and oxygen atoms in total. The molecular weight excluding hydrogens is 447 g/mol. The minimum absolute atomic E-state index is 0. The summed E-state index contributed by atoms with van der Waals surface area (Å²) in [6.07, 6.45) is 6.52. The van der Waals surface area contributed by atoms with Crippen molar-refractivity contribution in [2.45, 2.75) is 44.2 Å². The Morgan fingerprint density at radius 2 is 2.20 bits per heavy atom. The summed E-state index contributed by atoms with van der Waals surface area (Å²) in [6, 6.07) is 4.85. The molecule has 2 unspecified atom stereocenters. The summed E-state index contributed by atoms with van der Waals surface area (Å²) in [4.78, 5) is 8.41. The largest absolute Gasteiger partial charge is 0.378 e. The maximum atomic E-state index is 5.68. The summed E-state index contributed by atoms with van der Waals surface area (Å²) >= 11 is 1.85. The van der Waals surface area contributed by atoms with E-state index in [2.05, 4.69) is 38.0 Å². The van der Waals surface area contributed by atoms with Crippen molar-refractivity contribution < 1.29 is 4.74 Å². The number of likely N-dealkylation sites (tertiary alicyclic amines) is 1. The minimum Gasteiger partial charge on any atom is -0.378 e. The Labute approximate surface area is 172 Å². The number of aliphatic imine (C=N–C) groups is 1. The number of halogens is 1. The van der Waals surface area contributed by atoms with Crippen LogP contribution in [0.25, 0.3) is 0 Å². The van der Waals surface area contributed by atoms with E-state index in [4.69, 9.17) is 4.74 Å². The van der Waals surface area contributed by atoms with E-state index in [1.165, 1.54) is 43.6 Å². The van der Waals surface area contributed by atoms with Crippen molar-refractivity contribution >= 4 is 41.3 Å². The van der Waals surface area contributed by atoms with Gasteiger partial charge in [0.15, 0.2) is 5.96 Å². The second-order valence-corrected chi connectivity index (χ2v) is 7.56. The highest BCUT2D eigenvalue weighted by Gasteiger charge is 2.24. The van der Waals surface area contributed by atoms with Gasteiger partial charge in [0.05, 0.1) is 12.1 Å². The lowest BCUT2D eigenvalue weighted by atomic mass is 10.2.